The number of hydrogen-bond donors (Lipinski definition) is 1. The van der Waals surface area contributed by atoms with Crippen molar-refractivity contribution in [1.29, 1.82) is 0 Å². The van der Waals surface area contributed by atoms with Crippen LogP contribution in [0, 0.1) is 40.4 Å². The lowest BCUT2D eigenvalue weighted by atomic mass is 9.46. The largest absolute Gasteiger partial charge is 0.481 e. The molecule has 7 atom stereocenters. The Morgan fingerprint density at radius 3 is 2.47 bits per heavy atom. The number of carboxylic acid groups (broad SMARTS) is 1. The lowest BCUT2D eigenvalue weighted by molar-refractivity contribution is -0.150. The summed E-state index contributed by atoms with van der Waals surface area (Å²) < 4.78 is 0. The van der Waals surface area contributed by atoms with Gasteiger partial charge < -0.3 is 5.11 Å². The summed E-state index contributed by atoms with van der Waals surface area (Å²) in [6.45, 7) is 4.56. The van der Waals surface area contributed by atoms with Gasteiger partial charge in [0.1, 0.15) is 0 Å². The van der Waals surface area contributed by atoms with Crippen molar-refractivity contribution in [1.82, 2.24) is 0 Å². The van der Waals surface area contributed by atoms with Gasteiger partial charge in [-0.05, 0) is 67.3 Å². The molecule has 0 spiro atoms. The van der Waals surface area contributed by atoms with Gasteiger partial charge in [-0.3, -0.25) is 9.59 Å². The molecule has 2 fully saturated rings. The van der Waals surface area contributed by atoms with Crippen LogP contribution in [0.4, 0.5) is 0 Å². The Morgan fingerprint density at radius 2 is 1.73 bits per heavy atom. The van der Waals surface area contributed by atoms with Gasteiger partial charge in [0.2, 0.25) is 0 Å². The number of aliphatic carboxylic acids is 1. The maximum absolute atomic E-state index is 13.4. The molecule has 0 aliphatic heterocycles. The lowest BCUT2D eigenvalue weighted by Gasteiger charge is -2.58. The molecule has 0 bridgehead atoms. The number of allylic oxidation sites excluding steroid dienone is 4. The molecule has 30 heavy (non-hydrogen) atoms. The summed E-state index contributed by atoms with van der Waals surface area (Å²) in [6, 6.07) is 9.78. The zero-order valence-corrected chi connectivity index (χ0v) is 18.0. The van der Waals surface area contributed by atoms with Crippen LogP contribution in [0.3, 0.4) is 0 Å². The van der Waals surface area contributed by atoms with Crippen molar-refractivity contribution >= 4 is 11.8 Å². The first-order valence-electron chi connectivity index (χ1n) is 11.6. The Bertz CT molecular complexity index is 929. The number of fused-ring (bicyclic) bond motifs is 5. The zero-order valence-electron chi connectivity index (χ0n) is 18.0. The van der Waals surface area contributed by atoms with Crippen molar-refractivity contribution in [3.8, 4) is 0 Å². The third-order valence-corrected chi connectivity index (χ3v) is 9.51. The van der Waals surface area contributed by atoms with E-state index in [1.165, 1.54) is 5.57 Å². The minimum absolute atomic E-state index is 0.0268. The van der Waals surface area contributed by atoms with Crippen molar-refractivity contribution in [2.24, 2.45) is 40.4 Å². The quantitative estimate of drug-likeness (QED) is 0.636. The molecule has 1 N–H and O–H groups in total. The van der Waals surface area contributed by atoms with Gasteiger partial charge in [-0.25, -0.2) is 0 Å². The van der Waals surface area contributed by atoms with Crippen molar-refractivity contribution < 1.29 is 14.7 Å². The van der Waals surface area contributed by atoms with Gasteiger partial charge in [0.15, 0.2) is 5.78 Å². The molecule has 1 aromatic rings. The molecule has 2 saturated carbocycles. The van der Waals surface area contributed by atoms with E-state index >= 15 is 0 Å². The van der Waals surface area contributed by atoms with E-state index in [2.05, 4.69) is 26.0 Å². The number of ketones is 1. The minimum atomic E-state index is -0.662. The Kier molecular flexibility index (Phi) is 4.57. The van der Waals surface area contributed by atoms with E-state index < -0.39 is 5.97 Å². The summed E-state index contributed by atoms with van der Waals surface area (Å²) in [6.07, 6.45) is 12.3. The summed E-state index contributed by atoms with van der Waals surface area (Å²) >= 11 is 0. The van der Waals surface area contributed by atoms with Gasteiger partial charge in [-0.1, -0.05) is 62.4 Å². The Labute approximate surface area is 179 Å². The van der Waals surface area contributed by atoms with Crippen molar-refractivity contribution in [2.45, 2.75) is 52.4 Å². The van der Waals surface area contributed by atoms with Crippen LogP contribution in [0.5, 0.6) is 0 Å². The molecule has 0 amide bonds. The van der Waals surface area contributed by atoms with Crippen LogP contribution in [0.25, 0.3) is 0 Å². The summed E-state index contributed by atoms with van der Waals surface area (Å²) in [5, 5.41) is 10.0. The van der Waals surface area contributed by atoms with E-state index in [-0.39, 0.29) is 22.7 Å². The van der Waals surface area contributed by atoms with Crippen LogP contribution >= 0.6 is 0 Å². The molecule has 0 radical (unpaired) electrons. The van der Waals surface area contributed by atoms with Crippen LogP contribution < -0.4 is 0 Å². The normalized spacial score (nSPS) is 41.9. The molecular weight excluding hydrogens is 372 g/mol. The van der Waals surface area contributed by atoms with E-state index in [9.17, 15) is 14.7 Å². The predicted octanol–water partition coefficient (Wildman–Crippen LogP) is 5.93. The Morgan fingerprint density at radius 1 is 0.967 bits per heavy atom. The second kappa shape index (κ2) is 6.93. The number of carboxylic acids is 1. The number of hydrogen-bond acceptors (Lipinski definition) is 2. The maximum Gasteiger partial charge on any atom is 0.307 e. The molecule has 5 rings (SSSR count). The molecule has 3 nitrogen and oxygen atoms in total. The van der Waals surface area contributed by atoms with Gasteiger partial charge in [0, 0.05) is 16.9 Å². The second-order valence-corrected chi connectivity index (χ2v) is 10.5. The van der Waals surface area contributed by atoms with E-state index in [1.54, 1.807) is 0 Å². The second-order valence-electron chi connectivity index (χ2n) is 10.5. The minimum Gasteiger partial charge on any atom is -0.481 e. The van der Waals surface area contributed by atoms with Crippen LogP contribution in [-0.4, -0.2) is 16.9 Å². The SMILES string of the molecule is C[C@]12CC[C@H]3[C@@H](CC=C4C=CCC(C(=O)O)[C@@]43C)[C@@H]1CC[C@@H]2C(=O)c1ccccc1. The van der Waals surface area contributed by atoms with Crippen molar-refractivity contribution in [2.75, 3.05) is 0 Å². The number of carbonyl (C=O) groups is 2. The van der Waals surface area contributed by atoms with E-state index in [0.29, 0.717) is 30.0 Å². The fourth-order valence-corrected chi connectivity index (χ4v) is 7.93. The number of carbonyl (C=O) groups excluding carboxylic acids is 1. The number of Topliss-reactive ketones (excluding diaryl/α,β-unsaturated/α-hetero) is 1. The number of rotatable bonds is 3. The van der Waals surface area contributed by atoms with E-state index in [4.69, 9.17) is 0 Å². The first-order chi connectivity index (χ1) is 14.4. The highest BCUT2D eigenvalue weighted by Crippen LogP contribution is 2.66. The topological polar surface area (TPSA) is 54.4 Å². The van der Waals surface area contributed by atoms with Gasteiger partial charge >= 0.3 is 5.97 Å². The third-order valence-electron chi connectivity index (χ3n) is 9.51. The monoisotopic (exact) mass is 404 g/mol. The van der Waals surface area contributed by atoms with Gasteiger partial charge in [-0.2, -0.15) is 0 Å². The van der Waals surface area contributed by atoms with Gasteiger partial charge in [-0.15, -0.1) is 0 Å². The van der Waals surface area contributed by atoms with Crippen molar-refractivity contribution in [3.05, 3.63) is 59.7 Å². The standard InChI is InChI=1S/C27H32O3/c1-26-16-15-21-19(12-11-18-9-6-10-23(25(29)30)27(18,21)2)20(26)13-14-22(26)24(28)17-7-4-3-5-8-17/h3-9,11,19-23H,10,12-16H2,1-2H3,(H,29,30)/t19-,20-,21-,22+,23?,26-,27-/m0/s1. The molecule has 0 saturated heterocycles. The predicted molar refractivity (Wildman–Crippen MR) is 117 cm³/mol. The molecule has 3 heteroatoms. The summed E-state index contributed by atoms with van der Waals surface area (Å²) in [7, 11) is 0. The fourth-order valence-electron chi connectivity index (χ4n) is 7.93. The van der Waals surface area contributed by atoms with Crippen molar-refractivity contribution in [3.63, 3.8) is 0 Å². The highest BCUT2D eigenvalue weighted by Gasteiger charge is 2.61. The zero-order chi connectivity index (χ0) is 21.1. The lowest BCUT2D eigenvalue weighted by Crippen LogP contribution is -2.53. The summed E-state index contributed by atoms with van der Waals surface area (Å²) in [5.74, 6) is 0.779. The highest BCUT2D eigenvalue weighted by molar-refractivity contribution is 5.98. The molecule has 158 valence electrons. The van der Waals surface area contributed by atoms with E-state index in [0.717, 1.165) is 37.7 Å². The average molecular weight is 405 g/mol. The highest BCUT2D eigenvalue weighted by atomic mass is 16.4. The molecule has 1 aromatic carbocycles. The number of benzene rings is 1. The summed E-state index contributed by atoms with van der Waals surface area (Å²) in [5.41, 5.74) is 1.82. The maximum atomic E-state index is 13.4. The van der Waals surface area contributed by atoms with Gasteiger partial charge in [0.25, 0.3) is 0 Å². The molecule has 4 aliphatic rings. The third kappa shape index (κ3) is 2.63. The van der Waals surface area contributed by atoms with Gasteiger partial charge in [0.05, 0.1) is 5.92 Å². The Balaban J connectivity index is 1.48. The fraction of sp³-hybridized carbons (Fsp3) is 0.556. The summed E-state index contributed by atoms with van der Waals surface area (Å²) in [4.78, 5) is 25.6. The molecule has 4 aliphatic carbocycles. The van der Waals surface area contributed by atoms with E-state index in [1.807, 2.05) is 36.4 Å². The Hall–Kier alpha value is -2.16. The first kappa shape index (κ1) is 19.8. The van der Waals surface area contributed by atoms with Crippen LogP contribution in [0.15, 0.2) is 54.1 Å². The van der Waals surface area contributed by atoms with Crippen LogP contribution in [0.1, 0.15) is 62.7 Å². The molecule has 0 aromatic heterocycles. The molecule has 1 unspecified atom stereocenters. The van der Waals surface area contributed by atoms with Crippen LogP contribution in [-0.2, 0) is 4.79 Å². The van der Waals surface area contributed by atoms with Crippen LogP contribution in [0.2, 0.25) is 0 Å². The first-order valence-corrected chi connectivity index (χ1v) is 11.6. The average Bonchev–Trinajstić information content (AvgIpc) is 3.10. The molecular formula is C27H32O3. The smallest absolute Gasteiger partial charge is 0.307 e. The molecule has 0 heterocycles.